The van der Waals surface area contributed by atoms with Crippen LogP contribution >= 0.6 is 0 Å². The van der Waals surface area contributed by atoms with Crippen molar-refractivity contribution >= 4 is 11.8 Å². The minimum absolute atomic E-state index is 0.104. The standard InChI is InChI=1S/C22H26FN3O2/c1-2-18-6-3-4-15-26(18)22(28)20-8-5-7-19(25-20)21(27)24-14-13-16-9-11-17(23)12-10-16/h5,7-12,18H,2-4,6,13-15H2,1H3,(H,24,27). The number of nitrogens with zero attached hydrogens (tertiary/aromatic N) is 2. The van der Waals surface area contributed by atoms with Gasteiger partial charge in [-0.1, -0.05) is 25.1 Å². The van der Waals surface area contributed by atoms with E-state index < -0.39 is 0 Å². The number of pyridine rings is 1. The van der Waals surface area contributed by atoms with E-state index in [1.165, 1.54) is 12.1 Å². The van der Waals surface area contributed by atoms with Gasteiger partial charge in [0.2, 0.25) is 0 Å². The maximum Gasteiger partial charge on any atom is 0.272 e. The zero-order valence-corrected chi connectivity index (χ0v) is 16.2. The van der Waals surface area contributed by atoms with Crippen LogP contribution in [0.5, 0.6) is 0 Å². The fourth-order valence-corrected chi connectivity index (χ4v) is 3.58. The van der Waals surface area contributed by atoms with E-state index >= 15 is 0 Å². The molecule has 1 N–H and O–H groups in total. The Labute approximate surface area is 165 Å². The Kier molecular flexibility index (Phi) is 6.74. The Morgan fingerprint density at radius 1 is 1.14 bits per heavy atom. The van der Waals surface area contributed by atoms with Gasteiger partial charge in [0.05, 0.1) is 0 Å². The first-order valence-corrected chi connectivity index (χ1v) is 9.89. The van der Waals surface area contributed by atoms with Crippen LogP contribution in [0.4, 0.5) is 4.39 Å². The molecule has 0 spiro atoms. The molecule has 28 heavy (non-hydrogen) atoms. The summed E-state index contributed by atoms with van der Waals surface area (Å²) in [4.78, 5) is 31.5. The molecule has 1 aliphatic rings. The quantitative estimate of drug-likeness (QED) is 0.829. The highest BCUT2D eigenvalue weighted by atomic mass is 19.1. The Morgan fingerprint density at radius 2 is 1.89 bits per heavy atom. The molecule has 2 aromatic rings. The maximum atomic E-state index is 12.9. The summed E-state index contributed by atoms with van der Waals surface area (Å²) in [5, 5.41) is 2.81. The van der Waals surface area contributed by atoms with Crippen LogP contribution in [0.2, 0.25) is 0 Å². The van der Waals surface area contributed by atoms with Crippen LogP contribution < -0.4 is 5.32 Å². The third-order valence-corrected chi connectivity index (χ3v) is 5.17. The van der Waals surface area contributed by atoms with Gasteiger partial charge in [-0.3, -0.25) is 9.59 Å². The van der Waals surface area contributed by atoms with Crippen molar-refractivity contribution in [3.8, 4) is 0 Å². The molecule has 0 bridgehead atoms. The molecule has 1 aromatic heterocycles. The van der Waals surface area contributed by atoms with Gasteiger partial charge >= 0.3 is 0 Å². The van der Waals surface area contributed by atoms with Crippen LogP contribution in [0.25, 0.3) is 0 Å². The van der Waals surface area contributed by atoms with Gasteiger partial charge in [0.1, 0.15) is 17.2 Å². The molecule has 5 nitrogen and oxygen atoms in total. The van der Waals surface area contributed by atoms with Crippen LogP contribution in [0, 0.1) is 5.82 Å². The molecule has 2 amide bonds. The second kappa shape index (κ2) is 9.44. The number of hydrogen-bond donors (Lipinski definition) is 1. The number of nitrogens with one attached hydrogen (secondary N) is 1. The van der Waals surface area contributed by atoms with Crippen LogP contribution in [0.1, 0.15) is 59.1 Å². The van der Waals surface area contributed by atoms with Gasteiger partial charge in [-0.2, -0.15) is 0 Å². The van der Waals surface area contributed by atoms with Crippen LogP contribution in [0.3, 0.4) is 0 Å². The summed E-state index contributed by atoms with van der Waals surface area (Å²) in [6, 6.07) is 11.4. The predicted octanol–water partition coefficient (Wildman–Crippen LogP) is 3.60. The van der Waals surface area contributed by atoms with Crippen molar-refractivity contribution < 1.29 is 14.0 Å². The third-order valence-electron chi connectivity index (χ3n) is 5.17. The van der Waals surface area contributed by atoms with Crippen LogP contribution in [0.15, 0.2) is 42.5 Å². The van der Waals surface area contributed by atoms with E-state index in [-0.39, 0.29) is 29.4 Å². The number of rotatable bonds is 6. The van der Waals surface area contributed by atoms with E-state index in [4.69, 9.17) is 0 Å². The summed E-state index contributed by atoms with van der Waals surface area (Å²) in [6.07, 6.45) is 4.69. The van der Waals surface area contributed by atoms with Gasteiger partial charge in [-0.15, -0.1) is 0 Å². The summed E-state index contributed by atoms with van der Waals surface area (Å²) in [6.45, 7) is 3.25. The second-order valence-electron chi connectivity index (χ2n) is 7.10. The Balaban J connectivity index is 1.60. The first-order valence-electron chi connectivity index (χ1n) is 9.89. The molecule has 2 heterocycles. The molecule has 1 aromatic carbocycles. The lowest BCUT2D eigenvalue weighted by atomic mass is 9.99. The number of hydrogen-bond acceptors (Lipinski definition) is 3. The molecule has 1 unspecified atom stereocenters. The normalized spacial score (nSPS) is 16.6. The molecule has 1 fully saturated rings. The van der Waals surface area contributed by atoms with Gasteiger partial charge in [0.25, 0.3) is 11.8 Å². The first-order chi connectivity index (χ1) is 13.6. The molecule has 0 saturated carbocycles. The van der Waals surface area contributed by atoms with E-state index in [0.717, 1.165) is 37.8 Å². The molecule has 1 saturated heterocycles. The highest BCUT2D eigenvalue weighted by molar-refractivity contribution is 5.96. The zero-order chi connectivity index (χ0) is 19.9. The zero-order valence-electron chi connectivity index (χ0n) is 16.2. The molecular formula is C22H26FN3O2. The largest absolute Gasteiger partial charge is 0.350 e. The summed E-state index contributed by atoms with van der Waals surface area (Å²) in [7, 11) is 0. The smallest absolute Gasteiger partial charge is 0.272 e. The van der Waals surface area contributed by atoms with E-state index in [0.29, 0.717) is 18.7 Å². The van der Waals surface area contributed by atoms with Crippen molar-refractivity contribution in [3.05, 3.63) is 65.2 Å². The highest BCUT2D eigenvalue weighted by Crippen LogP contribution is 2.21. The molecule has 148 valence electrons. The third kappa shape index (κ3) is 4.94. The highest BCUT2D eigenvalue weighted by Gasteiger charge is 2.27. The minimum Gasteiger partial charge on any atom is -0.350 e. The van der Waals surface area contributed by atoms with Crippen molar-refractivity contribution in [2.24, 2.45) is 0 Å². The summed E-state index contributed by atoms with van der Waals surface area (Å²) >= 11 is 0. The monoisotopic (exact) mass is 383 g/mol. The fourth-order valence-electron chi connectivity index (χ4n) is 3.58. The van der Waals surface area contributed by atoms with E-state index in [9.17, 15) is 14.0 Å². The summed E-state index contributed by atoms with van der Waals surface area (Å²) in [5.74, 6) is -0.701. The Hall–Kier alpha value is -2.76. The summed E-state index contributed by atoms with van der Waals surface area (Å²) < 4.78 is 12.9. The Bertz CT molecular complexity index is 823. The lowest BCUT2D eigenvalue weighted by Gasteiger charge is -2.35. The number of aromatic nitrogens is 1. The maximum absolute atomic E-state index is 12.9. The number of halogens is 1. The average molecular weight is 383 g/mol. The van der Waals surface area contributed by atoms with E-state index in [2.05, 4.69) is 17.2 Å². The molecular weight excluding hydrogens is 357 g/mol. The summed E-state index contributed by atoms with van der Waals surface area (Å²) in [5.41, 5.74) is 1.48. The lowest BCUT2D eigenvalue weighted by Crippen LogP contribution is -2.43. The number of benzene rings is 1. The van der Waals surface area contributed by atoms with Crippen molar-refractivity contribution in [1.82, 2.24) is 15.2 Å². The number of carbonyl (C=O) groups excluding carboxylic acids is 2. The average Bonchev–Trinajstić information content (AvgIpc) is 2.74. The van der Waals surface area contributed by atoms with Gasteiger partial charge in [-0.05, 0) is 61.9 Å². The Morgan fingerprint density at radius 3 is 2.64 bits per heavy atom. The number of amides is 2. The minimum atomic E-state index is -0.317. The van der Waals surface area contributed by atoms with Gasteiger partial charge < -0.3 is 10.2 Å². The van der Waals surface area contributed by atoms with Gasteiger partial charge in [0, 0.05) is 19.1 Å². The number of likely N-dealkylation sites (tertiary alicyclic amines) is 1. The van der Waals surface area contributed by atoms with Crippen molar-refractivity contribution in [3.63, 3.8) is 0 Å². The molecule has 3 rings (SSSR count). The second-order valence-corrected chi connectivity index (χ2v) is 7.10. The van der Waals surface area contributed by atoms with Gasteiger partial charge in [0.15, 0.2) is 0 Å². The topological polar surface area (TPSA) is 62.3 Å². The number of piperidine rings is 1. The predicted molar refractivity (Wildman–Crippen MR) is 106 cm³/mol. The van der Waals surface area contributed by atoms with E-state index in [1.807, 2.05) is 4.90 Å². The van der Waals surface area contributed by atoms with Gasteiger partial charge in [-0.25, -0.2) is 9.37 Å². The first kappa shape index (κ1) is 20.0. The molecule has 0 radical (unpaired) electrons. The number of carbonyl (C=O) groups is 2. The molecule has 6 heteroatoms. The van der Waals surface area contributed by atoms with Crippen molar-refractivity contribution in [2.75, 3.05) is 13.1 Å². The molecule has 1 atom stereocenters. The van der Waals surface area contributed by atoms with Crippen LogP contribution in [-0.2, 0) is 6.42 Å². The fraction of sp³-hybridized carbons (Fsp3) is 0.409. The lowest BCUT2D eigenvalue weighted by molar-refractivity contribution is 0.0602. The van der Waals surface area contributed by atoms with E-state index in [1.54, 1.807) is 30.3 Å². The van der Waals surface area contributed by atoms with Crippen molar-refractivity contribution in [1.29, 1.82) is 0 Å². The van der Waals surface area contributed by atoms with Crippen LogP contribution in [-0.4, -0.2) is 40.8 Å². The SMILES string of the molecule is CCC1CCCCN1C(=O)c1cccc(C(=O)NCCc2ccc(F)cc2)n1. The molecule has 1 aliphatic heterocycles. The molecule has 0 aliphatic carbocycles. The van der Waals surface area contributed by atoms with Crippen molar-refractivity contribution in [2.45, 2.75) is 45.1 Å².